The summed E-state index contributed by atoms with van der Waals surface area (Å²) in [5, 5.41) is 11.3. The number of hydrogen-bond acceptors (Lipinski definition) is 6. The first kappa shape index (κ1) is 22.0. The second-order valence-electron chi connectivity index (χ2n) is 6.79. The van der Waals surface area contributed by atoms with E-state index in [2.05, 4.69) is 0 Å². The Kier molecular flexibility index (Phi) is 6.07. The minimum Gasteiger partial charge on any atom is -0.497 e. The van der Waals surface area contributed by atoms with Gasteiger partial charge in [-0.2, -0.15) is 4.31 Å². The molecule has 0 unspecified atom stereocenters. The number of rotatable bonds is 6. The number of ether oxygens (including phenoxy) is 1. The Morgan fingerprint density at radius 2 is 1.58 bits per heavy atom. The fraction of sp³-hybridized carbons (Fsp3) is 0.136. The van der Waals surface area contributed by atoms with E-state index >= 15 is 0 Å². The number of amides is 1. The maximum atomic E-state index is 13.5. The fourth-order valence-corrected chi connectivity index (χ4v) is 4.47. The summed E-state index contributed by atoms with van der Waals surface area (Å²) in [5.74, 6) is -0.414. The van der Waals surface area contributed by atoms with Crippen LogP contribution in [0.15, 0.2) is 71.6 Å². The van der Waals surface area contributed by atoms with Crippen LogP contribution in [-0.4, -0.2) is 26.4 Å². The van der Waals surface area contributed by atoms with Crippen LogP contribution in [0.25, 0.3) is 0 Å². The molecule has 0 fully saturated rings. The Morgan fingerprint density at radius 3 is 2.13 bits per heavy atom. The highest BCUT2D eigenvalue weighted by Crippen LogP contribution is 2.30. The molecule has 3 aromatic carbocycles. The van der Waals surface area contributed by atoms with E-state index in [-0.39, 0.29) is 27.4 Å². The highest BCUT2D eigenvalue weighted by atomic mass is 32.2. The van der Waals surface area contributed by atoms with Crippen LogP contribution in [-0.2, 0) is 10.0 Å². The van der Waals surface area contributed by atoms with Gasteiger partial charge in [0.2, 0.25) is 0 Å². The first-order chi connectivity index (χ1) is 14.7. The topological polar surface area (TPSA) is 107 Å². The van der Waals surface area contributed by atoms with Gasteiger partial charge in [-0.05, 0) is 56.3 Å². The summed E-state index contributed by atoms with van der Waals surface area (Å²) < 4.78 is 32.7. The lowest BCUT2D eigenvalue weighted by Crippen LogP contribution is -2.37. The molecule has 0 saturated carbocycles. The van der Waals surface area contributed by atoms with Gasteiger partial charge in [0.1, 0.15) is 5.75 Å². The zero-order chi connectivity index (χ0) is 22.8. The zero-order valence-electron chi connectivity index (χ0n) is 17.1. The molecule has 0 aliphatic heterocycles. The van der Waals surface area contributed by atoms with Gasteiger partial charge < -0.3 is 4.74 Å². The summed E-state index contributed by atoms with van der Waals surface area (Å²) in [7, 11) is -2.85. The van der Waals surface area contributed by atoms with E-state index in [1.807, 2.05) is 6.92 Å². The van der Waals surface area contributed by atoms with Gasteiger partial charge in [-0.3, -0.25) is 14.9 Å². The molecule has 0 radical (unpaired) electrons. The predicted molar refractivity (Wildman–Crippen MR) is 116 cm³/mol. The molecule has 0 bridgehead atoms. The summed E-state index contributed by atoms with van der Waals surface area (Å²) in [4.78, 5) is 24.1. The van der Waals surface area contributed by atoms with Crippen molar-refractivity contribution in [2.45, 2.75) is 18.7 Å². The van der Waals surface area contributed by atoms with Crippen LogP contribution in [0.2, 0.25) is 0 Å². The van der Waals surface area contributed by atoms with E-state index in [1.165, 1.54) is 68.6 Å². The van der Waals surface area contributed by atoms with Crippen molar-refractivity contribution in [3.63, 3.8) is 0 Å². The largest absolute Gasteiger partial charge is 0.497 e. The number of benzene rings is 3. The second kappa shape index (κ2) is 8.57. The van der Waals surface area contributed by atoms with Crippen LogP contribution >= 0.6 is 0 Å². The smallest absolute Gasteiger partial charge is 0.273 e. The molecule has 31 heavy (non-hydrogen) atoms. The molecule has 9 heteroatoms. The number of sulfonamides is 1. The van der Waals surface area contributed by atoms with Gasteiger partial charge in [-0.1, -0.05) is 23.8 Å². The van der Waals surface area contributed by atoms with Gasteiger partial charge >= 0.3 is 0 Å². The summed E-state index contributed by atoms with van der Waals surface area (Å²) >= 11 is 0. The fourth-order valence-electron chi connectivity index (χ4n) is 3.06. The Hall–Kier alpha value is -3.72. The number of hydrogen-bond donors (Lipinski definition) is 0. The molecule has 0 aliphatic carbocycles. The van der Waals surface area contributed by atoms with Crippen LogP contribution < -0.4 is 9.04 Å². The molecule has 0 saturated heterocycles. The van der Waals surface area contributed by atoms with Gasteiger partial charge in [-0.25, -0.2) is 8.42 Å². The minimum atomic E-state index is -4.31. The van der Waals surface area contributed by atoms with Crippen LogP contribution in [0.1, 0.15) is 21.5 Å². The average Bonchev–Trinajstić information content (AvgIpc) is 2.74. The second-order valence-corrected chi connectivity index (χ2v) is 8.58. The minimum absolute atomic E-state index is 0.0784. The number of nitro groups is 1. The molecule has 1 amide bonds. The first-order valence-corrected chi connectivity index (χ1v) is 10.6. The Balaban J connectivity index is 2.21. The highest BCUT2D eigenvalue weighted by Gasteiger charge is 2.33. The van der Waals surface area contributed by atoms with Crippen molar-refractivity contribution in [2.75, 3.05) is 11.4 Å². The number of aryl methyl sites for hydroxylation is 1. The number of nitro benzene ring substituents is 1. The van der Waals surface area contributed by atoms with Crippen LogP contribution in [0.3, 0.4) is 0 Å². The molecule has 160 valence electrons. The molecule has 3 aromatic rings. The summed E-state index contributed by atoms with van der Waals surface area (Å²) in [6.07, 6.45) is 0. The number of carbonyl (C=O) groups excluding carboxylic acids is 1. The van der Waals surface area contributed by atoms with Crippen molar-refractivity contribution >= 4 is 27.3 Å². The van der Waals surface area contributed by atoms with Crippen molar-refractivity contribution in [1.82, 2.24) is 0 Å². The average molecular weight is 440 g/mol. The van der Waals surface area contributed by atoms with Crippen molar-refractivity contribution in [3.05, 3.63) is 93.5 Å². The van der Waals surface area contributed by atoms with Crippen LogP contribution in [0.4, 0.5) is 11.4 Å². The van der Waals surface area contributed by atoms with E-state index in [9.17, 15) is 23.3 Å². The quantitative estimate of drug-likeness (QED) is 0.419. The van der Waals surface area contributed by atoms with E-state index in [4.69, 9.17) is 4.74 Å². The summed E-state index contributed by atoms with van der Waals surface area (Å²) in [5.41, 5.74) is 0.664. The molecule has 8 nitrogen and oxygen atoms in total. The van der Waals surface area contributed by atoms with Crippen molar-refractivity contribution < 1.29 is 22.9 Å². The van der Waals surface area contributed by atoms with E-state index in [1.54, 1.807) is 12.1 Å². The van der Waals surface area contributed by atoms with Gasteiger partial charge in [0, 0.05) is 11.6 Å². The number of nitrogens with zero attached hydrogens (tertiary/aromatic N) is 2. The number of methoxy groups -OCH3 is 1. The summed E-state index contributed by atoms with van der Waals surface area (Å²) in [6.45, 7) is 3.23. The lowest BCUT2D eigenvalue weighted by molar-refractivity contribution is -0.385. The maximum Gasteiger partial charge on any atom is 0.273 e. The van der Waals surface area contributed by atoms with E-state index < -0.39 is 20.9 Å². The molecule has 0 spiro atoms. The number of carbonyl (C=O) groups is 1. The first-order valence-electron chi connectivity index (χ1n) is 9.21. The van der Waals surface area contributed by atoms with Crippen LogP contribution in [0, 0.1) is 24.0 Å². The Bertz CT molecular complexity index is 1240. The van der Waals surface area contributed by atoms with E-state index in [0.29, 0.717) is 10.1 Å². The van der Waals surface area contributed by atoms with Crippen molar-refractivity contribution in [2.24, 2.45) is 0 Å². The lowest BCUT2D eigenvalue weighted by atomic mass is 10.1. The third kappa shape index (κ3) is 4.26. The van der Waals surface area contributed by atoms with Crippen molar-refractivity contribution in [1.29, 1.82) is 0 Å². The van der Waals surface area contributed by atoms with Gasteiger partial charge in [0.05, 0.1) is 28.2 Å². The van der Waals surface area contributed by atoms with Gasteiger partial charge in [0.15, 0.2) is 0 Å². The van der Waals surface area contributed by atoms with Crippen LogP contribution in [0.5, 0.6) is 5.75 Å². The third-order valence-electron chi connectivity index (χ3n) is 4.78. The van der Waals surface area contributed by atoms with Crippen molar-refractivity contribution in [3.8, 4) is 5.75 Å². The normalized spacial score (nSPS) is 11.1. The van der Waals surface area contributed by atoms with E-state index in [0.717, 1.165) is 5.56 Å². The van der Waals surface area contributed by atoms with Gasteiger partial charge in [-0.15, -0.1) is 0 Å². The molecule has 0 atom stereocenters. The molecule has 0 aliphatic rings. The molecular formula is C22H20N2O6S. The van der Waals surface area contributed by atoms with Gasteiger partial charge in [0.25, 0.3) is 21.6 Å². The SMILES string of the molecule is COc1ccc(N(C(=O)c2cccc([N+](=O)[O-])c2C)S(=O)(=O)c2ccc(C)cc2)cc1. The third-order valence-corrected chi connectivity index (χ3v) is 6.51. The highest BCUT2D eigenvalue weighted by molar-refractivity contribution is 7.93. The Labute approximate surface area is 179 Å². The molecule has 3 rings (SSSR count). The standard InChI is InChI=1S/C22H20N2O6S/c1-15-7-13-19(14-8-15)31(28,29)23(17-9-11-18(30-3)12-10-17)22(25)20-5-4-6-21(16(20)2)24(26)27/h4-14H,1-3H3. The predicted octanol–water partition coefficient (Wildman–Crippen LogP) is 4.26. The molecule has 0 aromatic heterocycles. The number of anilines is 1. The monoisotopic (exact) mass is 440 g/mol. The lowest BCUT2D eigenvalue weighted by Gasteiger charge is -2.23. The molecule has 0 heterocycles. The summed E-state index contributed by atoms with van der Waals surface area (Å²) in [6, 6.07) is 16.0. The molecule has 0 N–H and O–H groups in total. The maximum absolute atomic E-state index is 13.5. The zero-order valence-corrected chi connectivity index (χ0v) is 17.9. The molecular weight excluding hydrogens is 420 g/mol. The Morgan fingerprint density at radius 1 is 0.968 bits per heavy atom.